The molecule has 2 nitrogen and oxygen atoms in total. The number of rotatable bonds is 5. The molecule has 0 heterocycles. The summed E-state index contributed by atoms with van der Waals surface area (Å²) in [5, 5.41) is 3.34. The molecule has 0 bridgehead atoms. The van der Waals surface area contributed by atoms with Gasteiger partial charge in [0.25, 0.3) is 0 Å². The molecule has 2 unspecified atom stereocenters. The van der Waals surface area contributed by atoms with E-state index in [0.717, 1.165) is 6.54 Å². The van der Waals surface area contributed by atoms with E-state index in [4.69, 9.17) is 5.73 Å². The summed E-state index contributed by atoms with van der Waals surface area (Å²) in [7, 11) is 0. The summed E-state index contributed by atoms with van der Waals surface area (Å²) in [6.45, 7) is 9.60. The monoisotopic (exact) mass is 158 g/mol. The van der Waals surface area contributed by atoms with Crippen molar-refractivity contribution in [2.75, 3.05) is 6.54 Å². The minimum atomic E-state index is 0.308. The van der Waals surface area contributed by atoms with Crippen LogP contribution in [0.15, 0.2) is 0 Å². The van der Waals surface area contributed by atoms with Crippen LogP contribution in [0.2, 0.25) is 0 Å². The van der Waals surface area contributed by atoms with Gasteiger partial charge in [-0.15, -0.1) is 0 Å². The van der Waals surface area contributed by atoms with Crippen molar-refractivity contribution in [2.45, 2.75) is 46.2 Å². The van der Waals surface area contributed by atoms with Gasteiger partial charge < -0.3 is 11.1 Å². The number of hydrogen-bond acceptors (Lipinski definition) is 2. The zero-order chi connectivity index (χ0) is 8.85. The SMILES string of the molecule is CCC(C)C(N)CNC(C)C. The standard InChI is InChI=1S/C9H22N2/c1-5-8(4)9(10)6-11-7(2)3/h7-9,11H,5-6,10H2,1-4H3. The molecule has 2 atom stereocenters. The van der Waals surface area contributed by atoms with Crippen molar-refractivity contribution in [3.8, 4) is 0 Å². The molecular formula is C9H22N2. The molecule has 0 aromatic heterocycles. The fourth-order valence-corrected chi connectivity index (χ4v) is 0.876. The lowest BCUT2D eigenvalue weighted by Gasteiger charge is -2.20. The van der Waals surface area contributed by atoms with Gasteiger partial charge >= 0.3 is 0 Å². The summed E-state index contributed by atoms with van der Waals surface area (Å²) in [5.74, 6) is 0.626. The lowest BCUT2D eigenvalue weighted by Crippen LogP contribution is -2.41. The van der Waals surface area contributed by atoms with Gasteiger partial charge in [0.05, 0.1) is 0 Å². The smallest absolute Gasteiger partial charge is 0.0191 e. The zero-order valence-corrected chi connectivity index (χ0v) is 8.22. The summed E-state index contributed by atoms with van der Waals surface area (Å²) in [6, 6.07) is 0.854. The first-order chi connectivity index (χ1) is 5.07. The number of nitrogens with two attached hydrogens (primary N) is 1. The van der Waals surface area contributed by atoms with Crippen LogP contribution in [0, 0.1) is 5.92 Å². The molecule has 0 aliphatic heterocycles. The van der Waals surface area contributed by atoms with Gasteiger partial charge in [0, 0.05) is 18.6 Å². The highest BCUT2D eigenvalue weighted by atomic mass is 14.9. The van der Waals surface area contributed by atoms with E-state index in [1.165, 1.54) is 6.42 Å². The topological polar surface area (TPSA) is 38.0 Å². The minimum absolute atomic E-state index is 0.308. The van der Waals surface area contributed by atoms with Crippen molar-refractivity contribution in [1.82, 2.24) is 5.32 Å². The van der Waals surface area contributed by atoms with Crippen LogP contribution >= 0.6 is 0 Å². The van der Waals surface area contributed by atoms with E-state index < -0.39 is 0 Å². The fourth-order valence-electron chi connectivity index (χ4n) is 0.876. The van der Waals surface area contributed by atoms with Crippen LogP contribution in [-0.2, 0) is 0 Å². The molecule has 0 aromatic carbocycles. The molecule has 3 N–H and O–H groups in total. The Bertz CT molecular complexity index is 91.6. The predicted octanol–water partition coefficient (Wildman–Crippen LogP) is 1.36. The second-order valence-corrected chi connectivity index (χ2v) is 3.61. The van der Waals surface area contributed by atoms with Crippen molar-refractivity contribution >= 4 is 0 Å². The van der Waals surface area contributed by atoms with E-state index >= 15 is 0 Å². The molecule has 0 aliphatic rings. The molecule has 0 amide bonds. The average molecular weight is 158 g/mol. The van der Waals surface area contributed by atoms with Gasteiger partial charge in [-0.2, -0.15) is 0 Å². The van der Waals surface area contributed by atoms with Gasteiger partial charge in [-0.1, -0.05) is 34.1 Å². The fraction of sp³-hybridized carbons (Fsp3) is 1.00. The summed E-state index contributed by atoms with van der Waals surface area (Å²) in [5.41, 5.74) is 5.91. The molecule has 0 aliphatic carbocycles. The Labute approximate surface area is 70.5 Å². The predicted molar refractivity (Wildman–Crippen MR) is 50.6 cm³/mol. The molecule has 0 spiro atoms. The Morgan fingerprint density at radius 1 is 1.27 bits per heavy atom. The van der Waals surface area contributed by atoms with Gasteiger partial charge in [0.1, 0.15) is 0 Å². The second kappa shape index (κ2) is 5.56. The summed E-state index contributed by atoms with van der Waals surface area (Å²) in [6.07, 6.45) is 1.17. The highest BCUT2D eigenvalue weighted by molar-refractivity contribution is 4.71. The Balaban J connectivity index is 3.43. The Kier molecular flexibility index (Phi) is 5.51. The third-order valence-electron chi connectivity index (χ3n) is 2.14. The second-order valence-electron chi connectivity index (χ2n) is 3.61. The summed E-state index contributed by atoms with van der Waals surface area (Å²) in [4.78, 5) is 0. The van der Waals surface area contributed by atoms with Crippen molar-refractivity contribution < 1.29 is 0 Å². The molecule has 0 radical (unpaired) electrons. The Hall–Kier alpha value is -0.0800. The van der Waals surface area contributed by atoms with Gasteiger partial charge in [0.15, 0.2) is 0 Å². The first kappa shape index (κ1) is 10.9. The third-order valence-corrected chi connectivity index (χ3v) is 2.14. The zero-order valence-electron chi connectivity index (χ0n) is 8.22. The van der Waals surface area contributed by atoms with E-state index in [1.54, 1.807) is 0 Å². The molecule has 0 fully saturated rings. The lowest BCUT2D eigenvalue weighted by atomic mass is 10.00. The highest BCUT2D eigenvalue weighted by Gasteiger charge is 2.09. The van der Waals surface area contributed by atoms with Gasteiger partial charge in [-0.05, 0) is 5.92 Å². The van der Waals surface area contributed by atoms with Crippen LogP contribution in [0.25, 0.3) is 0 Å². The summed E-state index contributed by atoms with van der Waals surface area (Å²) >= 11 is 0. The number of nitrogens with one attached hydrogen (secondary N) is 1. The Morgan fingerprint density at radius 3 is 2.18 bits per heavy atom. The molecule has 0 saturated carbocycles. The van der Waals surface area contributed by atoms with Crippen LogP contribution in [0.5, 0.6) is 0 Å². The van der Waals surface area contributed by atoms with E-state index in [-0.39, 0.29) is 0 Å². The molecule has 2 heteroatoms. The molecular weight excluding hydrogens is 136 g/mol. The Morgan fingerprint density at radius 2 is 1.82 bits per heavy atom. The molecule has 68 valence electrons. The van der Waals surface area contributed by atoms with Crippen LogP contribution in [0.4, 0.5) is 0 Å². The maximum Gasteiger partial charge on any atom is 0.0191 e. The van der Waals surface area contributed by atoms with Gasteiger partial charge in [0.2, 0.25) is 0 Å². The van der Waals surface area contributed by atoms with Crippen LogP contribution in [-0.4, -0.2) is 18.6 Å². The van der Waals surface area contributed by atoms with E-state index in [1.807, 2.05) is 0 Å². The van der Waals surface area contributed by atoms with Crippen molar-refractivity contribution in [1.29, 1.82) is 0 Å². The average Bonchev–Trinajstić information content (AvgIpc) is 1.98. The van der Waals surface area contributed by atoms with E-state index in [0.29, 0.717) is 18.0 Å². The lowest BCUT2D eigenvalue weighted by molar-refractivity contribution is 0.405. The van der Waals surface area contributed by atoms with Crippen LogP contribution < -0.4 is 11.1 Å². The summed E-state index contributed by atoms with van der Waals surface area (Å²) < 4.78 is 0. The molecule has 0 saturated heterocycles. The van der Waals surface area contributed by atoms with Crippen molar-refractivity contribution in [3.63, 3.8) is 0 Å². The number of hydrogen-bond donors (Lipinski definition) is 2. The normalized spacial score (nSPS) is 16.9. The van der Waals surface area contributed by atoms with Gasteiger partial charge in [-0.3, -0.25) is 0 Å². The molecule has 11 heavy (non-hydrogen) atoms. The maximum absolute atomic E-state index is 5.91. The first-order valence-electron chi connectivity index (χ1n) is 4.56. The van der Waals surface area contributed by atoms with Crippen LogP contribution in [0.3, 0.4) is 0 Å². The van der Waals surface area contributed by atoms with E-state index in [2.05, 4.69) is 33.0 Å². The third kappa shape index (κ3) is 5.22. The quantitative estimate of drug-likeness (QED) is 0.634. The molecule has 0 aromatic rings. The largest absolute Gasteiger partial charge is 0.326 e. The van der Waals surface area contributed by atoms with E-state index in [9.17, 15) is 0 Å². The highest BCUT2D eigenvalue weighted by Crippen LogP contribution is 2.03. The van der Waals surface area contributed by atoms with Gasteiger partial charge in [-0.25, -0.2) is 0 Å². The minimum Gasteiger partial charge on any atom is -0.326 e. The van der Waals surface area contributed by atoms with Crippen molar-refractivity contribution in [2.24, 2.45) is 11.7 Å². The maximum atomic E-state index is 5.91. The van der Waals surface area contributed by atoms with Crippen molar-refractivity contribution in [3.05, 3.63) is 0 Å². The van der Waals surface area contributed by atoms with Crippen LogP contribution in [0.1, 0.15) is 34.1 Å². The molecule has 0 rings (SSSR count). The first-order valence-corrected chi connectivity index (χ1v) is 4.56.